The summed E-state index contributed by atoms with van der Waals surface area (Å²) in [4.78, 5) is 63.4. The fourth-order valence-electron chi connectivity index (χ4n) is 5.15. The largest absolute Gasteiger partial charge is 0.479 e. The lowest BCUT2D eigenvalue weighted by molar-refractivity contribution is -0.271. The number of anilines is 1. The van der Waals surface area contributed by atoms with Crippen molar-refractivity contribution in [3.8, 4) is 5.75 Å². The van der Waals surface area contributed by atoms with Crippen LogP contribution in [-0.2, 0) is 35.1 Å². The van der Waals surface area contributed by atoms with E-state index in [1.165, 1.54) is 6.07 Å². The number of amides is 4. The zero-order chi connectivity index (χ0) is 33.6. The molecule has 15 heteroatoms. The fourth-order valence-corrected chi connectivity index (χ4v) is 5.15. The van der Waals surface area contributed by atoms with Crippen molar-refractivity contribution in [1.82, 2.24) is 10.2 Å². The summed E-state index contributed by atoms with van der Waals surface area (Å²) in [5, 5.41) is 45.1. The van der Waals surface area contributed by atoms with Gasteiger partial charge < -0.3 is 46.3 Å². The molecule has 3 rings (SSSR count). The van der Waals surface area contributed by atoms with Gasteiger partial charge in [0.1, 0.15) is 30.1 Å². The van der Waals surface area contributed by atoms with Crippen LogP contribution in [0.5, 0.6) is 5.75 Å². The lowest BCUT2D eigenvalue weighted by Crippen LogP contribution is -2.61. The second kappa shape index (κ2) is 15.6. The Morgan fingerprint density at radius 3 is 2.36 bits per heavy atom. The summed E-state index contributed by atoms with van der Waals surface area (Å²) in [7, 11) is 0. The number of hydrogen-bond donors (Lipinski definition) is 7. The van der Waals surface area contributed by atoms with Crippen LogP contribution in [-0.4, -0.2) is 105 Å². The van der Waals surface area contributed by atoms with E-state index in [9.17, 15) is 44.4 Å². The zero-order valence-electron chi connectivity index (χ0n) is 25.8. The molecule has 1 aromatic carbocycles. The van der Waals surface area contributed by atoms with Crippen LogP contribution in [0, 0.1) is 17.8 Å². The molecule has 0 saturated carbocycles. The maximum atomic E-state index is 12.9. The third-order valence-electron chi connectivity index (χ3n) is 7.90. The lowest BCUT2D eigenvalue weighted by atomic mass is 9.94. The van der Waals surface area contributed by atoms with E-state index >= 15 is 0 Å². The predicted molar refractivity (Wildman–Crippen MR) is 158 cm³/mol. The first-order chi connectivity index (χ1) is 21.2. The third kappa shape index (κ3) is 8.76. The highest BCUT2D eigenvalue weighted by Crippen LogP contribution is 2.32. The molecule has 4 amide bonds. The van der Waals surface area contributed by atoms with Gasteiger partial charge in [-0.25, -0.2) is 4.79 Å². The number of nitrogens with zero attached hydrogens (tertiary/aromatic N) is 1. The molecule has 15 nitrogen and oxygen atoms in total. The molecule has 2 aliphatic heterocycles. The summed E-state index contributed by atoms with van der Waals surface area (Å²) in [6.45, 7) is 7.31. The molecule has 1 aromatic rings. The molecule has 0 aliphatic carbocycles. The first-order valence-electron chi connectivity index (χ1n) is 15.0. The number of aryl methyl sites for hydroxylation is 1. The van der Waals surface area contributed by atoms with Crippen LogP contribution >= 0.6 is 0 Å². The molecule has 2 saturated heterocycles. The Morgan fingerprint density at radius 2 is 1.78 bits per heavy atom. The van der Waals surface area contributed by atoms with Crippen LogP contribution < -0.4 is 21.1 Å². The number of likely N-dealkylation sites (tertiary alicyclic amines) is 1. The number of hydrogen-bond acceptors (Lipinski definition) is 11. The van der Waals surface area contributed by atoms with Gasteiger partial charge in [0.15, 0.2) is 6.10 Å². The Morgan fingerprint density at radius 1 is 1.09 bits per heavy atom. The Balaban J connectivity index is 1.69. The molecule has 7 unspecified atom stereocenters. The summed E-state index contributed by atoms with van der Waals surface area (Å²) < 4.78 is 10.9. The quantitative estimate of drug-likeness (QED) is 0.126. The number of aliphatic hydroxyl groups is 3. The molecular weight excluding hydrogens is 592 g/mol. The van der Waals surface area contributed by atoms with E-state index in [-0.39, 0.29) is 43.3 Å². The number of carbonyl (C=O) groups is 5. The van der Waals surface area contributed by atoms with Crippen LogP contribution in [0.3, 0.4) is 0 Å². The molecule has 0 radical (unpaired) electrons. The molecule has 8 N–H and O–H groups in total. The summed E-state index contributed by atoms with van der Waals surface area (Å²) in [5.74, 6) is -3.95. The van der Waals surface area contributed by atoms with Crippen LogP contribution in [0.2, 0.25) is 0 Å². The Kier molecular flexibility index (Phi) is 12.4. The van der Waals surface area contributed by atoms with Crippen molar-refractivity contribution in [2.24, 2.45) is 23.5 Å². The minimum atomic E-state index is -1.90. The smallest absolute Gasteiger partial charge is 0.335 e. The maximum Gasteiger partial charge on any atom is 0.335 e. The SMILES string of the molecule is CC(C)CCc1ccc(OC2OC(C(=O)O)C(O)C(O)C2O)c(NC(=O)CCNC(=O)C(CN)N2C(=O)CC(C(C)C)C2=O)c1. The summed E-state index contributed by atoms with van der Waals surface area (Å²) >= 11 is 0. The lowest BCUT2D eigenvalue weighted by Gasteiger charge is -2.38. The average molecular weight is 637 g/mol. The third-order valence-corrected chi connectivity index (χ3v) is 7.90. The first-order valence-corrected chi connectivity index (χ1v) is 15.0. The monoisotopic (exact) mass is 636 g/mol. The van der Waals surface area contributed by atoms with Gasteiger partial charge in [0.05, 0.1) is 5.69 Å². The number of nitrogens with two attached hydrogens (primary N) is 1. The van der Waals surface area contributed by atoms with Crippen molar-refractivity contribution in [1.29, 1.82) is 0 Å². The average Bonchev–Trinajstić information content (AvgIpc) is 3.27. The van der Waals surface area contributed by atoms with Crippen molar-refractivity contribution < 1.29 is 53.9 Å². The second-order valence-electron chi connectivity index (χ2n) is 12.1. The van der Waals surface area contributed by atoms with Gasteiger partial charge >= 0.3 is 5.97 Å². The van der Waals surface area contributed by atoms with Crippen molar-refractivity contribution in [3.63, 3.8) is 0 Å². The van der Waals surface area contributed by atoms with Gasteiger partial charge in [-0.2, -0.15) is 0 Å². The highest BCUT2D eigenvalue weighted by atomic mass is 16.7. The standard InChI is InChI=1S/C30H44N4O11/c1-14(2)5-6-16-7-8-20(44-30-25(39)23(37)24(38)26(45-30)29(42)43)18(11-16)33-21(35)9-10-32-27(40)19(13-31)34-22(36)12-17(15(3)4)28(34)41/h7-8,11,14-15,17,19,23-26,30,37-39H,5-6,9-10,12-13,31H2,1-4H3,(H,32,40)(H,33,35)(H,42,43). The molecule has 2 aliphatic rings. The van der Waals surface area contributed by atoms with E-state index in [0.717, 1.165) is 16.9 Å². The van der Waals surface area contributed by atoms with E-state index in [1.54, 1.807) is 12.1 Å². The van der Waals surface area contributed by atoms with Crippen LogP contribution in [0.1, 0.15) is 52.5 Å². The van der Waals surface area contributed by atoms with E-state index in [0.29, 0.717) is 12.3 Å². The van der Waals surface area contributed by atoms with Gasteiger partial charge in [-0.1, -0.05) is 33.8 Å². The number of ether oxygens (including phenoxy) is 2. The van der Waals surface area contributed by atoms with Crippen molar-refractivity contribution in [2.75, 3.05) is 18.4 Å². The molecule has 0 bridgehead atoms. The molecular formula is C30H44N4O11. The van der Waals surface area contributed by atoms with Gasteiger partial charge in [-0.3, -0.25) is 24.1 Å². The van der Waals surface area contributed by atoms with Crippen LogP contribution in [0.4, 0.5) is 5.69 Å². The Labute approximate surface area is 261 Å². The van der Waals surface area contributed by atoms with Gasteiger partial charge in [0.2, 0.25) is 29.9 Å². The van der Waals surface area contributed by atoms with Gasteiger partial charge in [-0.15, -0.1) is 0 Å². The number of nitrogens with one attached hydrogen (secondary N) is 2. The number of carbonyl (C=O) groups excluding carboxylic acids is 4. The second-order valence-corrected chi connectivity index (χ2v) is 12.1. The fraction of sp³-hybridized carbons (Fsp3) is 0.633. The number of rotatable bonds is 14. The summed E-state index contributed by atoms with van der Waals surface area (Å²) in [6, 6.07) is 3.65. The highest BCUT2D eigenvalue weighted by Gasteiger charge is 2.48. The number of carboxylic acid groups (broad SMARTS) is 1. The van der Waals surface area contributed by atoms with Gasteiger partial charge in [0, 0.05) is 31.8 Å². The van der Waals surface area contributed by atoms with E-state index in [2.05, 4.69) is 24.5 Å². The van der Waals surface area contributed by atoms with E-state index in [4.69, 9.17) is 15.2 Å². The predicted octanol–water partition coefficient (Wildman–Crippen LogP) is -0.651. The number of benzene rings is 1. The number of aliphatic hydroxyl groups excluding tert-OH is 3. The van der Waals surface area contributed by atoms with Crippen molar-refractivity contribution >= 4 is 35.3 Å². The molecule has 45 heavy (non-hydrogen) atoms. The molecule has 250 valence electrons. The number of imide groups is 1. The minimum Gasteiger partial charge on any atom is -0.479 e. The normalized spacial score (nSPS) is 25.9. The van der Waals surface area contributed by atoms with Gasteiger partial charge in [0.25, 0.3) is 0 Å². The van der Waals surface area contributed by atoms with E-state index < -0.39 is 72.3 Å². The summed E-state index contributed by atoms with van der Waals surface area (Å²) in [5.41, 5.74) is 6.74. The van der Waals surface area contributed by atoms with Crippen molar-refractivity contribution in [2.45, 2.75) is 90.1 Å². The van der Waals surface area contributed by atoms with Crippen LogP contribution in [0.25, 0.3) is 0 Å². The Hall–Kier alpha value is -3.63. The van der Waals surface area contributed by atoms with E-state index in [1.807, 2.05) is 13.8 Å². The molecule has 0 aromatic heterocycles. The molecule has 7 atom stereocenters. The Bertz CT molecular complexity index is 1260. The number of carboxylic acids is 1. The summed E-state index contributed by atoms with van der Waals surface area (Å²) in [6.07, 6.45) is -7.86. The molecule has 0 spiro atoms. The minimum absolute atomic E-state index is 0.00273. The zero-order valence-corrected chi connectivity index (χ0v) is 25.8. The molecule has 2 heterocycles. The first kappa shape index (κ1) is 35.8. The number of aliphatic carboxylic acids is 1. The highest BCUT2D eigenvalue weighted by molar-refractivity contribution is 6.07. The topological polar surface area (TPSA) is 238 Å². The van der Waals surface area contributed by atoms with Crippen molar-refractivity contribution in [3.05, 3.63) is 23.8 Å². The van der Waals surface area contributed by atoms with Gasteiger partial charge in [-0.05, 0) is 42.4 Å². The molecule has 2 fully saturated rings. The maximum absolute atomic E-state index is 12.9. The van der Waals surface area contributed by atoms with Crippen LogP contribution in [0.15, 0.2) is 18.2 Å².